The second-order valence-electron chi connectivity index (χ2n) is 5.49. The highest BCUT2D eigenvalue weighted by Gasteiger charge is 2.13. The average molecular weight is 294 g/mol. The van der Waals surface area contributed by atoms with E-state index in [-0.39, 0.29) is 12.6 Å². The number of carbonyl (C=O) groups is 2. The number of aliphatic carboxylic acids is 1. The monoisotopic (exact) mass is 294 g/mol. The number of carboxylic acids is 1. The quantitative estimate of drug-likeness (QED) is 0.748. The van der Waals surface area contributed by atoms with Crippen molar-refractivity contribution >= 4 is 17.7 Å². The summed E-state index contributed by atoms with van der Waals surface area (Å²) in [5, 5.41) is 18.0. The summed E-state index contributed by atoms with van der Waals surface area (Å²) < 4.78 is 1.26. The smallest absolute Gasteiger partial charge is 0.325 e. The molecule has 21 heavy (non-hydrogen) atoms. The van der Waals surface area contributed by atoms with Crippen LogP contribution in [0.1, 0.15) is 38.5 Å². The Kier molecular flexibility index (Phi) is 5.59. The van der Waals surface area contributed by atoms with Gasteiger partial charge in [-0.05, 0) is 12.3 Å². The molecular weight excluding hydrogens is 272 g/mol. The van der Waals surface area contributed by atoms with Crippen LogP contribution in [0.3, 0.4) is 0 Å². The molecule has 0 saturated heterocycles. The van der Waals surface area contributed by atoms with Gasteiger partial charge in [-0.3, -0.25) is 9.48 Å². The minimum absolute atomic E-state index is 0.217. The normalized spacial score (nSPS) is 15.6. The number of amides is 2. The van der Waals surface area contributed by atoms with E-state index in [1.807, 2.05) is 0 Å². The van der Waals surface area contributed by atoms with Crippen LogP contribution in [-0.2, 0) is 11.3 Å². The van der Waals surface area contributed by atoms with E-state index in [0.29, 0.717) is 12.2 Å². The molecular formula is C14H22N4O3. The van der Waals surface area contributed by atoms with Crippen molar-refractivity contribution in [1.29, 1.82) is 0 Å². The van der Waals surface area contributed by atoms with Crippen LogP contribution in [0.5, 0.6) is 0 Å². The first-order chi connectivity index (χ1) is 10.1. The van der Waals surface area contributed by atoms with Crippen LogP contribution in [0, 0.1) is 5.92 Å². The highest BCUT2D eigenvalue weighted by Crippen LogP contribution is 2.25. The lowest BCUT2D eigenvalue weighted by molar-refractivity contribution is -0.137. The van der Waals surface area contributed by atoms with Crippen molar-refractivity contribution in [3.05, 3.63) is 12.4 Å². The number of nitrogens with zero attached hydrogens (tertiary/aromatic N) is 2. The van der Waals surface area contributed by atoms with Crippen molar-refractivity contribution < 1.29 is 14.7 Å². The molecule has 7 nitrogen and oxygen atoms in total. The summed E-state index contributed by atoms with van der Waals surface area (Å²) in [7, 11) is 0. The molecule has 2 amide bonds. The summed E-state index contributed by atoms with van der Waals surface area (Å²) in [6.45, 7) is 0.449. The maximum absolute atomic E-state index is 11.7. The third-order valence-corrected chi connectivity index (χ3v) is 3.75. The molecule has 1 heterocycles. The molecule has 0 bridgehead atoms. The van der Waals surface area contributed by atoms with E-state index in [0.717, 1.165) is 12.3 Å². The first-order valence-electron chi connectivity index (χ1n) is 7.42. The van der Waals surface area contributed by atoms with Crippen LogP contribution >= 0.6 is 0 Å². The molecule has 7 heteroatoms. The van der Waals surface area contributed by atoms with Gasteiger partial charge < -0.3 is 15.7 Å². The Morgan fingerprint density at radius 1 is 1.33 bits per heavy atom. The van der Waals surface area contributed by atoms with Crippen molar-refractivity contribution in [2.45, 2.75) is 45.1 Å². The number of nitrogens with one attached hydrogen (secondary N) is 2. The number of rotatable bonds is 6. The third kappa shape index (κ3) is 5.45. The molecule has 1 saturated carbocycles. The van der Waals surface area contributed by atoms with Gasteiger partial charge in [0.1, 0.15) is 6.54 Å². The molecule has 0 unspecified atom stereocenters. The Morgan fingerprint density at radius 3 is 2.81 bits per heavy atom. The average Bonchev–Trinajstić information content (AvgIpc) is 2.86. The van der Waals surface area contributed by atoms with E-state index in [1.165, 1.54) is 49.2 Å². The van der Waals surface area contributed by atoms with Gasteiger partial charge in [-0.2, -0.15) is 5.10 Å². The lowest BCUT2D eigenvalue weighted by Crippen LogP contribution is -2.30. The number of hydrogen-bond acceptors (Lipinski definition) is 3. The van der Waals surface area contributed by atoms with Crippen LogP contribution in [0.4, 0.5) is 10.5 Å². The summed E-state index contributed by atoms with van der Waals surface area (Å²) in [6.07, 6.45) is 10.4. The molecule has 0 aromatic carbocycles. The second kappa shape index (κ2) is 7.66. The van der Waals surface area contributed by atoms with E-state index in [4.69, 9.17) is 5.11 Å². The van der Waals surface area contributed by atoms with E-state index >= 15 is 0 Å². The number of aromatic nitrogens is 2. The maximum Gasteiger partial charge on any atom is 0.325 e. The zero-order valence-electron chi connectivity index (χ0n) is 12.0. The van der Waals surface area contributed by atoms with Gasteiger partial charge in [-0.25, -0.2) is 4.79 Å². The summed E-state index contributed by atoms with van der Waals surface area (Å²) in [5.41, 5.74) is 0.492. The standard InChI is InChI=1S/C14H22N4O3/c19-13(20)10-18-9-12(8-16-18)17-14(21)15-7-6-11-4-2-1-3-5-11/h8-9,11H,1-7,10H2,(H,19,20)(H2,15,17,21). The summed E-state index contributed by atoms with van der Waals surface area (Å²) >= 11 is 0. The van der Waals surface area contributed by atoms with Crippen LogP contribution in [-0.4, -0.2) is 33.4 Å². The Balaban J connectivity index is 1.66. The predicted molar refractivity (Wildman–Crippen MR) is 78.1 cm³/mol. The Bertz CT molecular complexity index is 480. The van der Waals surface area contributed by atoms with Gasteiger partial charge in [0.05, 0.1) is 11.9 Å². The van der Waals surface area contributed by atoms with Gasteiger partial charge in [-0.15, -0.1) is 0 Å². The van der Waals surface area contributed by atoms with Gasteiger partial charge >= 0.3 is 12.0 Å². The van der Waals surface area contributed by atoms with E-state index in [9.17, 15) is 9.59 Å². The van der Waals surface area contributed by atoms with Crippen molar-refractivity contribution in [3.63, 3.8) is 0 Å². The lowest BCUT2D eigenvalue weighted by atomic mass is 9.87. The second-order valence-corrected chi connectivity index (χ2v) is 5.49. The molecule has 3 N–H and O–H groups in total. The van der Waals surface area contributed by atoms with E-state index < -0.39 is 5.97 Å². The predicted octanol–water partition coefficient (Wildman–Crippen LogP) is 2.06. The van der Waals surface area contributed by atoms with E-state index in [1.54, 1.807) is 0 Å². The summed E-state index contributed by atoms with van der Waals surface area (Å²) in [5.74, 6) is -0.237. The Hall–Kier alpha value is -2.05. The van der Waals surface area contributed by atoms with E-state index in [2.05, 4.69) is 15.7 Å². The molecule has 1 aliphatic rings. The van der Waals surface area contributed by atoms with Crippen LogP contribution < -0.4 is 10.6 Å². The molecule has 1 aliphatic carbocycles. The molecule has 0 spiro atoms. The van der Waals surface area contributed by atoms with Crippen molar-refractivity contribution in [2.24, 2.45) is 5.92 Å². The van der Waals surface area contributed by atoms with Crippen molar-refractivity contribution in [3.8, 4) is 0 Å². The van der Waals surface area contributed by atoms with Gasteiger partial charge in [-0.1, -0.05) is 32.1 Å². The number of anilines is 1. The zero-order chi connectivity index (χ0) is 15.1. The molecule has 2 rings (SSSR count). The largest absolute Gasteiger partial charge is 0.480 e. The Morgan fingerprint density at radius 2 is 2.10 bits per heavy atom. The van der Waals surface area contributed by atoms with Gasteiger partial charge in [0.2, 0.25) is 0 Å². The Labute approximate surface area is 123 Å². The van der Waals surface area contributed by atoms with Crippen LogP contribution in [0.2, 0.25) is 0 Å². The van der Waals surface area contributed by atoms with Crippen LogP contribution in [0.15, 0.2) is 12.4 Å². The molecule has 1 fully saturated rings. The first kappa shape index (κ1) is 15.3. The maximum atomic E-state index is 11.7. The van der Waals surface area contributed by atoms with Gasteiger partial charge in [0.15, 0.2) is 0 Å². The molecule has 0 aliphatic heterocycles. The van der Waals surface area contributed by atoms with Gasteiger partial charge in [0.25, 0.3) is 0 Å². The number of carbonyl (C=O) groups excluding carboxylic acids is 1. The molecule has 1 aromatic heterocycles. The fraction of sp³-hybridized carbons (Fsp3) is 0.643. The zero-order valence-corrected chi connectivity index (χ0v) is 12.0. The minimum Gasteiger partial charge on any atom is -0.480 e. The fourth-order valence-electron chi connectivity index (χ4n) is 2.69. The highest BCUT2D eigenvalue weighted by molar-refractivity contribution is 5.88. The van der Waals surface area contributed by atoms with Crippen molar-refractivity contribution in [2.75, 3.05) is 11.9 Å². The van der Waals surface area contributed by atoms with Gasteiger partial charge in [0, 0.05) is 12.7 Å². The first-order valence-corrected chi connectivity index (χ1v) is 7.42. The number of urea groups is 1. The third-order valence-electron chi connectivity index (χ3n) is 3.75. The van der Waals surface area contributed by atoms with Crippen LogP contribution in [0.25, 0.3) is 0 Å². The molecule has 0 radical (unpaired) electrons. The molecule has 0 atom stereocenters. The SMILES string of the molecule is O=C(O)Cn1cc(NC(=O)NCCC2CCCCC2)cn1. The molecule has 1 aromatic rings. The lowest BCUT2D eigenvalue weighted by Gasteiger charge is -2.21. The van der Waals surface area contributed by atoms with Crippen molar-refractivity contribution in [1.82, 2.24) is 15.1 Å². The number of carboxylic acid groups (broad SMARTS) is 1. The topological polar surface area (TPSA) is 96.2 Å². The highest BCUT2D eigenvalue weighted by atomic mass is 16.4. The fourth-order valence-corrected chi connectivity index (χ4v) is 2.69. The summed E-state index contributed by atoms with van der Waals surface area (Å²) in [6, 6.07) is -0.277. The summed E-state index contributed by atoms with van der Waals surface area (Å²) in [4.78, 5) is 22.2. The minimum atomic E-state index is -0.971. The number of hydrogen-bond donors (Lipinski definition) is 3. The molecule has 116 valence electrons.